The van der Waals surface area contributed by atoms with Gasteiger partial charge in [-0.05, 0) is 81.0 Å². The van der Waals surface area contributed by atoms with Crippen LogP contribution in [-0.4, -0.2) is 18.3 Å². The van der Waals surface area contributed by atoms with Crippen molar-refractivity contribution in [2.24, 2.45) is 0 Å². The Hall–Kier alpha value is -3.04. The molecule has 5 heteroatoms. The molecule has 0 spiro atoms. The summed E-state index contributed by atoms with van der Waals surface area (Å²) in [5, 5.41) is 10.4. The number of nitriles is 1. The van der Waals surface area contributed by atoms with Crippen molar-refractivity contribution in [3.8, 4) is 6.07 Å². The van der Waals surface area contributed by atoms with E-state index in [0.717, 1.165) is 28.8 Å². The fourth-order valence-corrected chi connectivity index (χ4v) is 6.95. The molecular formula is C32H30BNO2S. The van der Waals surface area contributed by atoms with Crippen molar-refractivity contribution >= 4 is 24.3 Å². The van der Waals surface area contributed by atoms with E-state index in [0.29, 0.717) is 5.56 Å². The molecule has 0 saturated carbocycles. The third-order valence-corrected chi connectivity index (χ3v) is 9.46. The van der Waals surface area contributed by atoms with E-state index < -0.39 is 23.7 Å². The third-order valence-electron chi connectivity index (χ3n) is 8.33. The van der Waals surface area contributed by atoms with E-state index in [-0.39, 0.29) is 0 Å². The standard InChI is InChI=1S/C32H30BNO2S/c1-30(2)31(3,4)36-33(35-30)27-20-29-26(19-22(27)21-34)32(23-13-7-5-8-14-23,24-15-9-6-10-16-24)25-17-11-12-18-28(25)37-29/h5,7-9,11-20H,6,10H2,1-4H3. The van der Waals surface area contributed by atoms with E-state index in [2.05, 4.69) is 91.0 Å². The molecule has 1 unspecified atom stereocenters. The van der Waals surface area contributed by atoms with Gasteiger partial charge in [0.2, 0.25) is 0 Å². The molecule has 37 heavy (non-hydrogen) atoms. The highest BCUT2D eigenvalue weighted by molar-refractivity contribution is 7.99. The third kappa shape index (κ3) is 3.66. The summed E-state index contributed by atoms with van der Waals surface area (Å²) in [7, 11) is -0.595. The molecule has 0 bridgehead atoms. The van der Waals surface area contributed by atoms with Gasteiger partial charge in [-0.2, -0.15) is 5.26 Å². The van der Waals surface area contributed by atoms with E-state index in [1.54, 1.807) is 11.8 Å². The molecule has 0 radical (unpaired) electrons. The van der Waals surface area contributed by atoms with Crippen molar-refractivity contribution in [1.29, 1.82) is 5.26 Å². The first-order valence-corrected chi connectivity index (χ1v) is 13.7. The monoisotopic (exact) mass is 503 g/mol. The largest absolute Gasteiger partial charge is 0.496 e. The van der Waals surface area contributed by atoms with Crippen LogP contribution in [0.4, 0.5) is 0 Å². The Kier molecular flexibility index (Phi) is 5.76. The lowest BCUT2D eigenvalue weighted by molar-refractivity contribution is 0.00578. The predicted octanol–water partition coefficient (Wildman–Crippen LogP) is 6.93. The van der Waals surface area contributed by atoms with Gasteiger partial charge in [0.05, 0.1) is 28.2 Å². The molecule has 3 aliphatic rings. The Morgan fingerprint density at radius 3 is 2.22 bits per heavy atom. The number of hydrogen-bond donors (Lipinski definition) is 0. The molecule has 0 aromatic heterocycles. The first-order valence-electron chi connectivity index (χ1n) is 12.9. The molecule has 2 aliphatic heterocycles. The zero-order chi connectivity index (χ0) is 25.8. The number of fused-ring (bicyclic) bond motifs is 2. The van der Waals surface area contributed by atoms with Gasteiger partial charge in [-0.15, -0.1) is 0 Å². The maximum absolute atomic E-state index is 10.4. The van der Waals surface area contributed by atoms with Gasteiger partial charge in [0.15, 0.2) is 0 Å². The lowest BCUT2D eigenvalue weighted by Gasteiger charge is -2.43. The molecule has 3 aromatic carbocycles. The molecule has 0 amide bonds. The second kappa shape index (κ2) is 8.77. The zero-order valence-electron chi connectivity index (χ0n) is 21.7. The average Bonchev–Trinajstić information content (AvgIpc) is 3.13. The summed E-state index contributed by atoms with van der Waals surface area (Å²) in [6.07, 6.45) is 8.97. The van der Waals surface area contributed by atoms with Crippen LogP contribution in [0.5, 0.6) is 0 Å². The van der Waals surface area contributed by atoms with Gasteiger partial charge in [-0.25, -0.2) is 0 Å². The quantitative estimate of drug-likeness (QED) is 0.364. The van der Waals surface area contributed by atoms with Crippen LogP contribution in [0.1, 0.15) is 62.8 Å². The van der Waals surface area contributed by atoms with E-state index in [4.69, 9.17) is 9.31 Å². The van der Waals surface area contributed by atoms with Gasteiger partial charge in [0.25, 0.3) is 0 Å². The Morgan fingerprint density at radius 1 is 0.838 bits per heavy atom. The lowest BCUT2D eigenvalue weighted by Crippen LogP contribution is -2.41. The number of hydrogen-bond acceptors (Lipinski definition) is 4. The van der Waals surface area contributed by atoms with E-state index in [9.17, 15) is 5.26 Å². The summed E-state index contributed by atoms with van der Waals surface area (Å²) >= 11 is 1.76. The summed E-state index contributed by atoms with van der Waals surface area (Å²) in [6, 6.07) is 26.1. The fraction of sp³-hybridized carbons (Fsp3) is 0.281. The molecular weight excluding hydrogens is 473 g/mol. The molecule has 1 aliphatic carbocycles. The summed E-state index contributed by atoms with van der Waals surface area (Å²) in [5.74, 6) is 0. The molecule has 0 N–H and O–H groups in total. The minimum atomic E-state index is -0.595. The van der Waals surface area contributed by atoms with Crippen molar-refractivity contribution in [3.05, 3.63) is 113 Å². The Bertz CT molecular complexity index is 1470. The van der Waals surface area contributed by atoms with Gasteiger partial charge >= 0.3 is 7.12 Å². The van der Waals surface area contributed by atoms with Gasteiger partial charge in [-0.1, -0.05) is 78.5 Å². The summed E-state index contributed by atoms with van der Waals surface area (Å²) in [5.41, 5.74) is 4.76. The minimum Gasteiger partial charge on any atom is -0.399 e. The van der Waals surface area contributed by atoms with Gasteiger partial charge < -0.3 is 9.31 Å². The number of rotatable bonds is 3. The second-order valence-corrected chi connectivity index (χ2v) is 12.1. The van der Waals surface area contributed by atoms with Crippen molar-refractivity contribution < 1.29 is 9.31 Å². The smallest absolute Gasteiger partial charge is 0.399 e. The first-order chi connectivity index (χ1) is 17.8. The topological polar surface area (TPSA) is 42.2 Å². The second-order valence-electron chi connectivity index (χ2n) is 11.0. The predicted molar refractivity (Wildman–Crippen MR) is 150 cm³/mol. The van der Waals surface area contributed by atoms with Crippen LogP contribution in [0.3, 0.4) is 0 Å². The number of allylic oxidation sites excluding steroid dienone is 4. The van der Waals surface area contributed by atoms with Gasteiger partial charge in [0, 0.05) is 15.3 Å². The van der Waals surface area contributed by atoms with Crippen LogP contribution >= 0.6 is 11.8 Å². The van der Waals surface area contributed by atoms with E-state index in [1.165, 1.54) is 21.6 Å². The summed E-state index contributed by atoms with van der Waals surface area (Å²) in [4.78, 5) is 2.36. The normalized spacial score (nSPS) is 23.1. The first kappa shape index (κ1) is 24.3. The van der Waals surface area contributed by atoms with E-state index in [1.807, 2.05) is 27.7 Å². The van der Waals surface area contributed by atoms with E-state index >= 15 is 0 Å². The van der Waals surface area contributed by atoms with Crippen LogP contribution in [-0.2, 0) is 14.7 Å². The Balaban J connectivity index is 1.65. The van der Waals surface area contributed by atoms with Crippen molar-refractivity contribution in [2.45, 2.75) is 66.9 Å². The highest BCUT2D eigenvalue weighted by atomic mass is 32.2. The molecule has 6 rings (SSSR count). The molecule has 1 fully saturated rings. The van der Waals surface area contributed by atoms with Crippen molar-refractivity contribution in [2.75, 3.05) is 0 Å². The Morgan fingerprint density at radius 2 is 1.54 bits per heavy atom. The van der Waals surface area contributed by atoms with Crippen LogP contribution in [0.25, 0.3) is 0 Å². The molecule has 1 atom stereocenters. The number of benzene rings is 3. The van der Waals surface area contributed by atoms with Crippen LogP contribution in [0.15, 0.2) is 100 Å². The van der Waals surface area contributed by atoms with Gasteiger partial charge in [-0.3, -0.25) is 0 Å². The fourth-order valence-electron chi connectivity index (χ4n) is 5.73. The van der Waals surface area contributed by atoms with Crippen LogP contribution in [0, 0.1) is 11.3 Å². The van der Waals surface area contributed by atoms with Crippen LogP contribution < -0.4 is 5.46 Å². The Labute approximate surface area is 224 Å². The minimum absolute atomic E-state index is 0.481. The summed E-state index contributed by atoms with van der Waals surface area (Å²) < 4.78 is 12.8. The molecule has 1 saturated heterocycles. The highest BCUT2D eigenvalue weighted by Crippen LogP contribution is 2.56. The number of nitrogens with zero attached hydrogens (tertiary/aromatic N) is 1. The maximum atomic E-state index is 10.4. The van der Waals surface area contributed by atoms with Crippen molar-refractivity contribution in [3.63, 3.8) is 0 Å². The maximum Gasteiger partial charge on any atom is 0.496 e. The molecule has 2 heterocycles. The average molecular weight is 503 g/mol. The highest BCUT2D eigenvalue weighted by Gasteiger charge is 2.53. The molecule has 184 valence electrons. The molecule has 3 aromatic rings. The zero-order valence-corrected chi connectivity index (χ0v) is 22.6. The van der Waals surface area contributed by atoms with Crippen LogP contribution in [0.2, 0.25) is 0 Å². The van der Waals surface area contributed by atoms with Crippen molar-refractivity contribution in [1.82, 2.24) is 0 Å². The van der Waals surface area contributed by atoms with Gasteiger partial charge in [0.1, 0.15) is 0 Å². The molecule has 3 nitrogen and oxygen atoms in total. The summed E-state index contributed by atoms with van der Waals surface area (Å²) in [6.45, 7) is 8.19. The lowest BCUT2D eigenvalue weighted by atomic mass is 9.62. The SMILES string of the molecule is CC1(C)OB(c2cc3c(cc2C#N)C(C2=CCCC=C2)(c2ccccc2)c2ccccc2S3)OC1(C)C.